The first-order valence-electron chi connectivity index (χ1n) is 7.38. The van der Waals surface area contributed by atoms with Gasteiger partial charge in [0, 0.05) is 19.7 Å². The van der Waals surface area contributed by atoms with Crippen LogP contribution in [0.15, 0.2) is 28.8 Å². The molecule has 0 spiro atoms. The molecular formula is C16H16F2N2O4. The molecule has 128 valence electrons. The first-order chi connectivity index (χ1) is 11.5. The molecule has 24 heavy (non-hydrogen) atoms. The molecule has 0 bridgehead atoms. The van der Waals surface area contributed by atoms with Gasteiger partial charge in [-0.25, -0.2) is 8.78 Å². The highest BCUT2D eigenvalue weighted by atomic mass is 19.2. The molecule has 6 nitrogen and oxygen atoms in total. The van der Waals surface area contributed by atoms with E-state index in [4.69, 9.17) is 9.26 Å². The highest BCUT2D eigenvalue weighted by Crippen LogP contribution is 2.34. The molecule has 1 aliphatic heterocycles. The van der Waals surface area contributed by atoms with Gasteiger partial charge in [0.1, 0.15) is 6.61 Å². The zero-order chi connectivity index (χ0) is 17.3. The van der Waals surface area contributed by atoms with Gasteiger partial charge in [-0.3, -0.25) is 4.79 Å². The molecule has 1 aromatic heterocycles. The zero-order valence-electron chi connectivity index (χ0n) is 12.9. The van der Waals surface area contributed by atoms with E-state index in [1.54, 1.807) is 0 Å². The van der Waals surface area contributed by atoms with Crippen molar-refractivity contribution in [3.8, 4) is 0 Å². The lowest BCUT2D eigenvalue weighted by Gasteiger charge is -2.23. The van der Waals surface area contributed by atoms with Gasteiger partial charge in [-0.1, -0.05) is 11.2 Å². The summed E-state index contributed by atoms with van der Waals surface area (Å²) in [4.78, 5) is 14.0. The Morgan fingerprint density at radius 1 is 1.42 bits per heavy atom. The van der Waals surface area contributed by atoms with Crippen LogP contribution >= 0.6 is 0 Å². The van der Waals surface area contributed by atoms with Gasteiger partial charge in [-0.15, -0.1) is 0 Å². The van der Waals surface area contributed by atoms with Crippen LogP contribution in [0.1, 0.15) is 34.3 Å². The van der Waals surface area contributed by atoms with E-state index in [0.29, 0.717) is 11.3 Å². The molecule has 0 aliphatic carbocycles. The van der Waals surface area contributed by atoms with Gasteiger partial charge in [0.15, 0.2) is 23.1 Å². The third kappa shape index (κ3) is 3.15. The van der Waals surface area contributed by atoms with E-state index in [9.17, 15) is 18.7 Å². The predicted molar refractivity (Wildman–Crippen MR) is 78.0 cm³/mol. The van der Waals surface area contributed by atoms with E-state index >= 15 is 0 Å². The number of ether oxygens (including phenoxy) is 1. The number of nitrogens with zero attached hydrogens (tertiary/aromatic N) is 2. The Bertz CT molecular complexity index is 749. The van der Waals surface area contributed by atoms with Crippen LogP contribution in [0.25, 0.3) is 0 Å². The largest absolute Gasteiger partial charge is 0.391 e. The number of hydrogen-bond donors (Lipinski definition) is 1. The number of halogens is 2. The smallest absolute Gasteiger partial charge is 0.276 e. The molecule has 1 fully saturated rings. The fourth-order valence-electron chi connectivity index (χ4n) is 2.85. The molecule has 3 rings (SSSR count). The molecule has 0 saturated carbocycles. The fraction of sp³-hybridized carbons (Fsp3) is 0.375. The van der Waals surface area contributed by atoms with E-state index in [1.165, 1.54) is 24.1 Å². The molecule has 1 aliphatic rings. The summed E-state index contributed by atoms with van der Waals surface area (Å²) in [5.74, 6) is -2.02. The summed E-state index contributed by atoms with van der Waals surface area (Å²) in [6.07, 6.45) is -0.517. The maximum Gasteiger partial charge on any atom is 0.276 e. The monoisotopic (exact) mass is 338 g/mol. The van der Waals surface area contributed by atoms with Gasteiger partial charge >= 0.3 is 0 Å². The third-order valence-electron chi connectivity index (χ3n) is 3.93. The Morgan fingerprint density at radius 3 is 2.92 bits per heavy atom. The summed E-state index contributed by atoms with van der Waals surface area (Å²) in [5, 5.41) is 13.6. The lowest BCUT2D eigenvalue weighted by Crippen LogP contribution is -2.32. The lowest BCUT2D eigenvalue weighted by molar-refractivity contribution is 0.0704. The first kappa shape index (κ1) is 16.5. The van der Waals surface area contributed by atoms with Crippen LogP contribution in [0.3, 0.4) is 0 Å². The number of amides is 1. The molecule has 2 heterocycles. The van der Waals surface area contributed by atoms with Gasteiger partial charge in [0.25, 0.3) is 5.91 Å². The Morgan fingerprint density at radius 2 is 2.21 bits per heavy atom. The summed E-state index contributed by atoms with van der Waals surface area (Å²) >= 11 is 0. The third-order valence-corrected chi connectivity index (χ3v) is 3.93. The minimum atomic E-state index is -0.995. The van der Waals surface area contributed by atoms with Crippen molar-refractivity contribution in [3.63, 3.8) is 0 Å². The summed E-state index contributed by atoms with van der Waals surface area (Å²) < 4.78 is 36.5. The molecule has 2 aromatic rings. The average molecular weight is 338 g/mol. The van der Waals surface area contributed by atoms with Crippen molar-refractivity contribution in [2.45, 2.75) is 25.2 Å². The number of benzene rings is 1. The fourth-order valence-corrected chi connectivity index (χ4v) is 2.85. The maximum atomic E-state index is 13.5. The lowest BCUT2D eigenvalue weighted by atomic mass is 10.0. The summed E-state index contributed by atoms with van der Waals surface area (Å²) in [5.41, 5.74) is 0.489. The van der Waals surface area contributed by atoms with Crippen molar-refractivity contribution in [1.82, 2.24) is 10.1 Å². The van der Waals surface area contributed by atoms with Crippen molar-refractivity contribution in [1.29, 1.82) is 0 Å². The number of β-amino-alcohol motifs (C(OH)–C–C–N with tert-alkyl or cyclic N) is 1. The second-order valence-electron chi connectivity index (χ2n) is 5.65. The van der Waals surface area contributed by atoms with Gasteiger partial charge < -0.3 is 19.3 Å². The number of aromatic nitrogens is 1. The minimum Gasteiger partial charge on any atom is -0.391 e. The summed E-state index contributed by atoms with van der Waals surface area (Å²) in [6, 6.07) is 4.34. The molecule has 1 aromatic carbocycles. The second kappa shape index (κ2) is 6.66. The number of aliphatic hydroxyl groups is 1. The molecule has 2 atom stereocenters. The van der Waals surface area contributed by atoms with Crippen LogP contribution in [0, 0.1) is 11.6 Å². The SMILES string of the molecule is COCc1cc(C(=O)N2C[C@@H](O)C[C@H]2c2ccc(F)c(F)c2)no1. The summed E-state index contributed by atoms with van der Waals surface area (Å²) in [7, 11) is 1.49. The normalized spacial score (nSPS) is 20.6. The van der Waals surface area contributed by atoms with Crippen LogP contribution < -0.4 is 0 Å². The van der Waals surface area contributed by atoms with Gasteiger partial charge in [-0.05, 0) is 24.1 Å². The van der Waals surface area contributed by atoms with Crippen LogP contribution in [-0.2, 0) is 11.3 Å². The Hall–Kier alpha value is -2.32. The summed E-state index contributed by atoms with van der Waals surface area (Å²) in [6.45, 7) is 0.254. The van der Waals surface area contributed by atoms with Crippen LogP contribution in [-0.4, -0.2) is 40.8 Å². The van der Waals surface area contributed by atoms with Crippen molar-refractivity contribution < 1.29 is 27.9 Å². The molecule has 0 radical (unpaired) electrons. The molecule has 1 N–H and O–H groups in total. The van der Waals surface area contributed by atoms with Gasteiger partial charge in [0.2, 0.25) is 0 Å². The molecule has 1 saturated heterocycles. The highest BCUT2D eigenvalue weighted by Gasteiger charge is 2.37. The Labute approximate surface area is 136 Å². The molecule has 8 heteroatoms. The van der Waals surface area contributed by atoms with E-state index < -0.39 is 29.7 Å². The number of carbonyl (C=O) groups excluding carboxylic acids is 1. The van der Waals surface area contributed by atoms with E-state index in [0.717, 1.165) is 12.1 Å². The molecular weight excluding hydrogens is 322 g/mol. The Balaban J connectivity index is 1.86. The van der Waals surface area contributed by atoms with Gasteiger partial charge in [-0.2, -0.15) is 0 Å². The number of hydrogen-bond acceptors (Lipinski definition) is 5. The van der Waals surface area contributed by atoms with E-state index in [1.807, 2.05) is 0 Å². The zero-order valence-corrected chi connectivity index (χ0v) is 12.9. The van der Waals surface area contributed by atoms with Crippen molar-refractivity contribution in [3.05, 3.63) is 52.9 Å². The second-order valence-corrected chi connectivity index (χ2v) is 5.65. The minimum absolute atomic E-state index is 0.0729. The number of aliphatic hydroxyl groups excluding tert-OH is 1. The molecule has 0 unspecified atom stereocenters. The standard InChI is InChI=1S/C16H16F2N2O4/c1-23-8-11-6-14(19-24-11)16(22)20-7-10(21)5-15(20)9-2-3-12(17)13(18)4-9/h2-4,6,10,15,21H,5,7-8H2,1H3/t10-,15-/m0/s1. The quantitative estimate of drug-likeness (QED) is 0.923. The average Bonchev–Trinajstić information content (AvgIpc) is 3.16. The number of methoxy groups -OCH3 is 1. The van der Waals surface area contributed by atoms with Crippen LogP contribution in [0.4, 0.5) is 8.78 Å². The topological polar surface area (TPSA) is 75.8 Å². The predicted octanol–water partition coefficient (Wildman–Crippen LogP) is 2.05. The van der Waals surface area contributed by atoms with Crippen molar-refractivity contribution in [2.75, 3.05) is 13.7 Å². The first-order valence-corrected chi connectivity index (χ1v) is 7.38. The van der Waals surface area contributed by atoms with Crippen molar-refractivity contribution >= 4 is 5.91 Å². The molecule has 1 amide bonds. The Kier molecular flexibility index (Phi) is 4.59. The van der Waals surface area contributed by atoms with E-state index in [2.05, 4.69) is 5.16 Å². The van der Waals surface area contributed by atoms with E-state index in [-0.39, 0.29) is 25.3 Å². The van der Waals surface area contributed by atoms with Gasteiger partial charge in [0.05, 0.1) is 12.1 Å². The van der Waals surface area contributed by atoms with Crippen LogP contribution in [0.5, 0.6) is 0 Å². The number of carbonyl (C=O) groups is 1. The van der Waals surface area contributed by atoms with Crippen molar-refractivity contribution in [2.24, 2.45) is 0 Å². The van der Waals surface area contributed by atoms with Crippen LogP contribution in [0.2, 0.25) is 0 Å². The number of likely N-dealkylation sites (tertiary alicyclic amines) is 1. The maximum absolute atomic E-state index is 13.5. The highest BCUT2D eigenvalue weighted by molar-refractivity contribution is 5.92. The number of rotatable bonds is 4.